The lowest BCUT2D eigenvalue weighted by Gasteiger charge is -2.30. The SMILES string of the molecule is CC(C)(C)OC(=O)/N=C(/NC(=O)OC(C)(C)C)N1CC=C(c2ccc(NC(=O)c3cc(C4=CCN(/C(=N\C(=O)OC(C)(C)C)NC(=O)OC(C)(C)C)CC4)cs3)cc2)CC1. The van der Waals surface area contributed by atoms with Gasteiger partial charge in [-0.1, -0.05) is 24.3 Å². The summed E-state index contributed by atoms with van der Waals surface area (Å²) in [5.41, 5.74) is 1.56. The van der Waals surface area contributed by atoms with Gasteiger partial charge in [-0.15, -0.1) is 21.3 Å². The highest BCUT2D eigenvalue weighted by molar-refractivity contribution is 7.12. The van der Waals surface area contributed by atoms with Crippen LogP contribution in [-0.2, 0) is 18.9 Å². The van der Waals surface area contributed by atoms with Crippen molar-refractivity contribution in [3.05, 3.63) is 63.9 Å². The van der Waals surface area contributed by atoms with Crippen molar-refractivity contribution >= 4 is 70.4 Å². The molecular weight excluding hydrogens is 791 g/mol. The molecule has 16 nitrogen and oxygen atoms in total. The summed E-state index contributed by atoms with van der Waals surface area (Å²) in [6, 6.07) is 9.40. The van der Waals surface area contributed by atoms with Gasteiger partial charge in [0.1, 0.15) is 22.4 Å². The number of anilines is 1. The van der Waals surface area contributed by atoms with Gasteiger partial charge in [-0.05, 0) is 142 Å². The zero-order valence-corrected chi connectivity index (χ0v) is 37.5. The summed E-state index contributed by atoms with van der Waals surface area (Å²) in [5.74, 6) is -0.178. The fraction of sp³-hybridized carbons (Fsp3) is 0.512. The largest absolute Gasteiger partial charge is 0.444 e. The van der Waals surface area contributed by atoms with E-state index in [4.69, 9.17) is 18.9 Å². The van der Waals surface area contributed by atoms with E-state index in [0.29, 0.717) is 49.6 Å². The molecule has 4 rings (SSSR count). The maximum Gasteiger partial charge on any atom is 0.437 e. The summed E-state index contributed by atoms with van der Waals surface area (Å²) >= 11 is 1.33. The smallest absolute Gasteiger partial charge is 0.437 e. The molecule has 3 heterocycles. The minimum absolute atomic E-state index is 0.0263. The lowest BCUT2D eigenvalue weighted by Crippen LogP contribution is -2.48. The highest BCUT2D eigenvalue weighted by Gasteiger charge is 2.27. The molecule has 0 radical (unpaired) electrons. The zero-order chi connectivity index (χ0) is 44.6. The molecule has 2 aliphatic heterocycles. The van der Waals surface area contributed by atoms with E-state index >= 15 is 0 Å². The average Bonchev–Trinajstić information content (AvgIpc) is 3.59. The van der Waals surface area contributed by atoms with Crippen LogP contribution >= 0.6 is 11.3 Å². The maximum absolute atomic E-state index is 13.3. The highest BCUT2D eigenvalue weighted by atomic mass is 32.1. The first-order chi connectivity index (χ1) is 27.7. The van der Waals surface area contributed by atoms with E-state index in [1.165, 1.54) is 11.3 Å². The van der Waals surface area contributed by atoms with Crippen molar-refractivity contribution in [1.29, 1.82) is 0 Å². The predicted molar refractivity (Wildman–Crippen MR) is 233 cm³/mol. The van der Waals surface area contributed by atoms with Crippen LogP contribution < -0.4 is 16.0 Å². The van der Waals surface area contributed by atoms with Crippen molar-refractivity contribution in [3.8, 4) is 0 Å². The second-order valence-electron chi connectivity index (χ2n) is 18.2. The quantitative estimate of drug-likeness (QED) is 0.151. The Morgan fingerprint density at radius 3 is 1.40 bits per heavy atom. The Morgan fingerprint density at radius 1 is 0.600 bits per heavy atom. The van der Waals surface area contributed by atoms with Crippen molar-refractivity contribution in [2.45, 2.75) is 118 Å². The van der Waals surface area contributed by atoms with Crippen LogP contribution in [0.25, 0.3) is 11.1 Å². The van der Waals surface area contributed by atoms with Gasteiger partial charge >= 0.3 is 24.4 Å². The predicted octanol–water partition coefficient (Wildman–Crippen LogP) is 8.81. The summed E-state index contributed by atoms with van der Waals surface area (Å²) in [6.45, 7) is 22.5. The summed E-state index contributed by atoms with van der Waals surface area (Å²) in [6.07, 6.45) is 1.99. The van der Waals surface area contributed by atoms with Crippen LogP contribution in [0.1, 0.15) is 117 Å². The Bertz CT molecular complexity index is 2040. The van der Waals surface area contributed by atoms with Crippen molar-refractivity contribution in [2.75, 3.05) is 31.5 Å². The Kier molecular flexibility index (Phi) is 15.0. The number of nitrogens with one attached hydrogen (secondary N) is 3. The number of amides is 5. The van der Waals surface area contributed by atoms with Crippen LogP contribution in [0.3, 0.4) is 0 Å². The maximum atomic E-state index is 13.3. The molecule has 0 bridgehead atoms. The molecule has 0 atom stereocenters. The fourth-order valence-electron chi connectivity index (χ4n) is 5.72. The Hall–Kier alpha value is -5.71. The highest BCUT2D eigenvalue weighted by Crippen LogP contribution is 2.29. The number of ether oxygens (including phenoxy) is 4. The molecule has 1 aromatic heterocycles. The number of thiophene rings is 1. The summed E-state index contributed by atoms with van der Waals surface area (Å²) < 4.78 is 21.5. The topological polar surface area (TPSA) is 190 Å². The van der Waals surface area contributed by atoms with Crippen molar-refractivity contribution in [3.63, 3.8) is 0 Å². The first-order valence-electron chi connectivity index (χ1n) is 19.7. The molecule has 2 aromatic rings. The molecule has 17 heteroatoms. The summed E-state index contributed by atoms with van der Waals surface area (Å²) in [5, 5.41) is 10.1. The molecule has 0 fully saturated rings. The first-order valence-corrected chi connectivity index (χ1v) is 20.6. The first kappa shape index (κ1) is 47.0. The molecular formula is C43H59N7O9S. The van der Waals surface area contributed by atoms with Gasteiger partial charge in [-0.25, -0.2) is 19.2 Å². The van der Waals surface area contributed by atoms with E-state index in [1.54, 1.807) is 92.9 Å². The number of hydrogen-bond donors (Lipinski definition) is 3. The monoisotopic (exact) mass is 849 g/mol. The van der Waals surface area contributed by atoms with Crippen LogP contribution in [0.15, 0.2) is 57.8 Å². The summed E-state index contributed by atoms with van der Waals surface area (Å²) in [7, 11) is 0. The fourth-order valence-corrected chi connectivity index (χ4v) is 6.55. The number of hydrogen-bond acceptors (Lipinski definition) is 10. The molecule has 0 saturated heterocycles. The second-order valence-corrected chi connectivity index (χ2v) is 19.1. The van der Waals surface area contributed by atoms with Gasteiger partial charge in [-0.2, -0.15) is 0 Å². The molecule has 3 N–H and O–H groups in total. The number of carbonyl (C=O) groups excluding carboxylic acids is 5. The molecule has 326 valence electrons. The van der Waals surface area contributed by atoms with Crippen LogP contribution in [0.5, 0.6) is 0 Å². The number of alkyl carbamates (subject to hydrolysis) is 2. The van der Waals surface area contributed by atoms with Crippen LogP contribution in [0.4, 0.5) is 24.9 Å². The van der Waals surface area contributed by atoms with Crippen LogP contribution in [0.2, 0.25) is 0 Å². The lowest BCUT2D eigenvalue weighted by molar-refractivity contribution is 0.0536. The molecule has 0 aliphatic carbocycles. The van der Waals surface area contributed by atoms with E-state index in [1.807, 2.05) is 47.9 Å². The molecule has 0 unspecified atom stereocenters. The minimum Gasteiger partial charge on any atom is -0.444 e. The van der Waals surface area contributed by atoms with Gasteiger partial charge in [0.25, 0.3) is 5.91 Å². The Labute approximate surface area is 356 Å². The lowest BCUT2D eigenvalue weighted by atomic mass is 9.99. The van der Waals surface area contributed by atoms with E-state index in [0.717, 1.165) is 22.3 Å². The number of carbonyl (C=O) groups is 5. The molecule has 0 saturated carbocycles. The molecule has 0 spiro atoms. The molecule has 2 aliphatic rings. The van der Waals surface area contributed by atoms with Gasteiger partial charge in [0, 0.05) is 31.9 Å². The number of benzene rings is 1. The van der Waals surface area contributed by atoms with Crippen molar-refractivity contribution < 1.29 is 42.9 Å². The van der Waals surface area contributed by atoms with Crippen molar-refractivity contribution in [1.82, 2.24) is 20.4 Å². The molecule has 1 aromatic carbocycles. The Morgan fingerprint density at radius 2 is 1.02 bits per heavy atom. The third-order valence-electron chi connectivity index (χ3n) is 8.13. The minimum atomic E-state index is -0.835. The van der Waals surface area contributed by atoms with E-state index < -0.39 is 46.8 Å². The van der Waals surface area contributed by atoms with Crippen LogP contribution in [0, 0.1) is 0 Å². The Balaban J connectivity index is 1.38. The zero-order valence-electron chi connectivity index (χ0n) is 36.7. The molecule has 60 heavy (non-hydrogen) atoms. The standard InChI is InChI=1S/C43H59N7O9S/c1-40(2,3)56-36(52)45-34(46-37(53)57-41(4,5)6)49-21-17-28(18-22-49)27-13-15-31(16-14-27)44-33(51)32-25-30(26-60-32)29-19-23-50(24-20-29)35(47-38(54)58-42(7,8)9)48-39(55)59-43(10,11)12/h13-17,19,25-26H,18,20-24H2,1-12H3,(H,44,51)(H,45,46,52,53)(H,47,48,54,55). The van der Waals surface area contributed by atoms with Crippen LogP contribution in [-0.4, -0.2) is 101 Å². The number of aliphatic imine (C=N–C) groups is 2. The van der Waals surface area contributed by atoms with Gasteiger partial charge in [0.2, 0.25) is 11.9 Å². The normalized spacial score (nSPS) is 15.6. The van der Waals surface area contributed by atoms with E-state index in [9.17, 15) is 24.0 Å². The number of guanidine groups is 2. The second kappa shape index (κ2) is 19.1. The average molecular weight is 850 g/mol. The van der Waals surface area contributed by atoms with Gasteiger partial charge in [0.05, 0.1) is 4.88 Å². The van der Waals surface area contributed by atoms with Crippen molar-refractivity contribution in [2.24, 2.45) is 9.98 Å². The van der Waals surface area contributed by atoms with Gasteiger partial charge < -0.3 is 34.1 Å². The van der Waals surface area contributed by atoms with E-state index in [-0.39, 0.29) is 17.8 Å². The number of rotatable bonds is 4. The molecule has 5 amide bonds. The van der Waals surface area contributed by atoms with Gasteiger partial charge in [0.15, 0.2) is 0 Å². The van der Waals surface area contributed by atoms with E-state index in [2.05, 4.69) is 25.9 Å². The van der Waals surface area contributed by atoms with Gasteiger partial charge in [-0.3, -0.25) is 15.4 Å². The number of nitrogens with zero attached hydrogens (tertiary/aromatic N) is 4. The third-order valence-corrected chi connectivity index (χ3v) is 9.06. The summed E-state index contributed by atoms with van der Waals surface area (Å²) in [4.78, 5) is 75.8. The third kappa shape index (κ3) is 15.8.